The van der Waals surface area contributed by atoms with Crippen LogP contribution in [-0.2, 0) is 4.79 Å². The first-order valence-corrected chi connectivity index (χ1v) is 9.87. The first-order chi connectivity index (χ1) is 14.8. The fourth-order valence-corrected chi connectivity index (χ4v) is 3.48. The third kappa shape index (κ3) is 4.26. The number of fused-ring (bicyclic) bond motifs is 1. The lowest BCUT2D eigenvalue weighted by Gasteiger charge is -2.18. The van der Waals surface area contributed by atoms with Crippen molar-refractivity contribution in [3.05, 3.63) is 52.9 Å². The van der Waals surface area contributed by atoms with Crippen molar-refractivity contribution >= 4 is 22.4 Å². The van der Waals surface area contributed by atoms with E-state index in [9.17, 15) is 22.4 Å². The molecule has 0 spiro atoms. The molecule has 0 fully saturated rings. The Morgan fingerprint density at radius 1 is 1.10 bits per heavy atom. The van der Waals surface area contributed by atoms with Crippen LogP contribution in [0.4, 0.5) is 22.7 Å². The zero-order valence-electron chi connectivity index (χ0n) is 15.9. The van der Waals surface area contributed by atoms with Gasteiger partial charge in [0.15, 0.2) is 40.1 Å². The van der Waals surface area contributed by atoms with Crippen LogP contribution in [0.1, 0.15) is 6.92 Å². The Labute approximate surface area is 177 Å². The molecule has 0 saturated heterocycles. The van der Waals surface area contributed by atoms with Gasteiger partial charge in [0.05, 0.1) is 5.69 Å². The number of carbonyl (C=O) groups is 1. The molecule has 0 bridgehead atoms. The SMILES string of the molecule is C[C@H](Oc1c(F)c(F)cc(F)c1F)C(=O)Nc1nc(-c2ccc3c(c2)OCCO3)cs1. The standard InChI is InChI=1S/C20H14F4N2O4S/c1-9(30-18-16(23)11(21)7-12(22)17(18)24)19(27)26-20-25-13(8-31-20)10-2-3-14-15(6-10)29-5-4-28-14/h2-3,6-9H,4-5H2,1H3,(H,25,26,27)/t9-/m0/s1. The molecule has 3 aromatic rings. The number of carbonyl (C=O) groups excluding carboxylic acids is 1. The van der Waals surface area contributed by atoms with Gasteiger partial charge in [-0.3, -0.25) is 10.1 Å². The molecule has 2 aromatic carbocycles. The quantitative estimate of drug-likeness (QED) is 0.453. The van der Waals surface area contributed by atoms with Crippen LogP contribution < -0.4 is 19.5 Å². The summed E-state index contributed by atoms with van der Waals surface area (Å²) in [5.41, 5.74) is 1.28. The number of amides is 1. The normalized spacial score (nSPS) is 13.6. The smallest absolute Gasteiger partial charge is 0.266 e. The highest BCUT2D eigenvalue weighted by atomic mass is 32.1. The van der Waals surface area contributed by atoms with Gasteiger partial charge in [-0.05, 0) is 25.1 Å². The predicted octanol–water partition coefficient (Wildman–Crippen LogP) is 4.54. The van der Waals surface area contributed by atoms with Gasteiger partial charge in [0.1, 0.15) is 13.2 Å². The van der Waals surface area contributed by atoms with E-state index in [0.717, 1.165) is 16.9 Å². The summed E-state index contributed by atoms with van der Waals surface area (Å²) < 4.78 is 69.9. The van der Waals surface area contributed by atoms with Gasteiger partial charge in [0.25, 0.3) is 5.91 Å². The number of benzene rings is 2. The van der Waals surface area contributed by atoms with E-state index in [4.69, 9.17) is 14.2 Å². The topological polar surface area (TPSA) is 69.7 Å². The highest BCUT2D eigenvalue weighted by Gasteiger charge is 2.25. The summed E-state index contributed by atoms with van der Waals surface area (Å²) in [4.78, 5) is 16.6. The van der Waals surface area contributed by atoms with Gasteiger partial charge < -0.3 is 14.2 Å². The van der Waals surface area contributed by atoms with Crippen LogP contribution in [-0.4, -0.2) is 30.2 Å². The van der Waals surface area contributed by atoms with Gasteiger partial charge in [0.2, 0.25) is 11.6 Å². The number of hydrogen-bond donors (Lipinski definition) is 1. The molecule has 0 radical (unpaired) electrons. The van der Waals surface area contributed by atoms with Crippen molar-refractivity contribution in [2.45, 2.75) is 13.0 Å². The maximum Gasteiger partial charge on any atom is 0.266 e. The van der Waals surface area contributed by atoms with Crippen molar-refractivity contribution in [3.8, 4) is 28.5 Å². The second-order valence-electron chi connectivity index (χ2n) is 6.44. The maximum atomic E-state index is 13.7. The van der Waals surface area contributed by atoms with Crippen molar-refractivity contribution in [1.29, 1.82) is 0 Å². The van der Waals surface area contributed by atoms with Crippen LogP contribution in [0.2, 0.25) is 0 Å². The Kier molecular flexibility index (Phi) is 5.68. The minimum atomic E-state index is -1.73. The molecule has 1 aromatic heterocycles. The summed E-state index contributed by atoms with van der Waals surface area (Å²) in [7, 11) is 0. The molecule has 0 unspecified atom stereocenters. The first kappa shape index (κ1) is 20.9. The third-order valence-corrected chi connectivity index (χ3v) is 5.07. The average molecular weight is 454 g/mol. The molecule has 4 rings (SSSR count). The Morgan fingerprint density at radius 3 is 2.48 bits per heavy atom. The molecule has 0 aliphatic carbocycles. The summed E-state index contributed by atoms with van der Waals surface area (Å²) in [6.45, 7) is 2.07. The van der Waals surface area contributed by atoms with E-state index in [-0.39, 0.29) is 11.2 Å². The number of thiazole rings is 1. The van der Waals surface area contributed by atoms with Gasteiger partial charge in [-0.2, -0.15) is 8.78 Å². The number of anilines is 1. The fourth-order valence-electron chi connectivity index (χ4n) is 2.76. The van der Waals surface area contributed by atoms with E-state index in [0.29, 0.717) is 30.4 Å². The van der Waals surface area contributed by atoms with Crippen LogP contribution in [0.3, 0.4) is 0 Å². The van der Waals surface area contributed by atoms with Gasteiger partial charge >= 0.3 is 0 Å². The minimum Gasteiger partial charge on any atom is -0.486 e. The van der Waals surface area contributed by atoms with Crippen molar-refractivity contribution in [1.82, 2.24) is 4.98 Å². The summed E-state index contributed by atoms with van der Waals surface area (Å²) in [6, 6.07) is 5.34. The predicted molar refractivity (Wildman–Crippen MR) is 104 cm³/mol. The van der Waals surface area contributed by atoms with Crippen LogP contribution in [0.15, 0.2) is 29.6 Å². The molecular weight excluding hydrogens is 440 g/mol. The molecule has 1 aliphatic rings. The molecule has 2 heterocycles. The van der Waals surface area contributed by atoms with Crippen LogP contribution >= 0.6 is 11.3 Å². The molecule has 1 N–H and O–H groups in total. The van der Waals surface area contributed by atoms with Crippen LogP contribution in [0, 0.1) is 23.3 Å². The highest BCUT2D eigenvalue weighted by Crippen LogP contribution is 2.35. The number of nitrogens with zero attached hydrogens (tertiary/aromatic N) is 1. The third-order valence-electron chi connectivity index (χ3n) is 4.31. The van der Waals surface area contributed by atoms with E-state index in [2.05, 4.69) is 10.3 Å². The molecule has 1 aliphatic heterocycles. The highest BCUT2D eigenvalue weighted by molar-refractivity contribution is 7.14. The summed E-state index contributed by atoms with van der Waals surface area (Å²) >= 11 is 1.11. The Balaban J connectivity index is 1.46. The van der Waals surface area contributed by atoms with Crippen molar-refractivity contribution in [2.75, 3.05) is 18.5 Å². The zero-order chi connectivity index (χ0) is 22.1. The molecular formula is C20H14F4N2O4S. The average Bonchev–Trinajstić information content (AvgIpc) is 3.23. The Hall–Kier alpha value is -3.34. The Bertz CT molecular complexity index is 1130. The lowest BCUT2D eigenvalue weighted by Crippen LogP contribution is -2.31. The van der Waals surface area contributed by atoms with E-state index in [1.807, 2.05) is 0 Å². The fraction of sp³-hybridized carbons (Fsp3) is 0.200. The van der Waals surface area contributed by atoms with E-state index in [1.54, 1.807) is 23.6 Å². The molecule has 1 amide bonds. The minimum absolute atomic E-state index is 0.0528. The second-order valence-corrected chi connectivity index (χ2v) is 7.30. The number of ether oxygens (including phenoxy) is 3. The molecule has 0 saturated carbocycles. The van der Waals surface area contributed by atoms with Gasteiger partial charge in [-0.25, -0.2) is 13.8 Å². The number of aromatic nitrogens is 1. The van der Waals surface area contributed by atoms with E-state index >= 15 is 0 Å². The van der Waals surface area contributed by atoms with E-state index in [1.165, 1.54) is 6.92 Å². The second kappa shape index (κ2) is 8.42. The monoisotopic (exact) mass is 454 g/mol. The number of hydrogen-bond acceptors (Lipinski definition) is 6. The number of nitrogens with one attached hydrogen (secondary N) is 1. The lowest BCUT2D eigenvalue weighted by atomic mass is 10.1. The van der Waals surface area contributed by atoms with E-state index < -0.39 is 41.0 Å². The van der Waals surface area contributed by atoms with Crippen LogP contribution in [0.25, 0.3) is 11.3 Å². The molecule has 31 heavy (non-hydrogen) atoms. The maximum absolute atomic E-state index is 13.7. The largest absolute Gasteiger partial charge is 0.486 e. The molecule has 1 atom stereocenters. The first-order valence-electron chi connectivity index (χ1n) is 8.99. The van der Waals surface area contributed by atoms with Crippen molar-refractivity contribution < 1.29 is 36.6 Å². The number of halogens is 4. The summed E-state index contributed by atoms with van der Waals surface area (Å²) in [5.74, 6) is -7.64. The van der Waals surface area contributed by atoms with Crippen LogP contribution in [0.5, 0.6) is 17.2 Å². The van der Waals surface area contributed by atoms with Gasteiger partial charge in [-0.15, -0.1) is 11.3 Å². The summed E-state index contributed by atoms with van der Waals surface area (Å²) in [5, 5.41) is 4.32. The Morgan fingerprint density at radius 2 is 1.77 bits per heavy atom. The number of rotatable bonds is 5. The van der Waals surface area contributed by atoms with Crippen molar-refractivity contribution in [3.63, 3.8) is 0 Å². The van der Waals surface area contributed by atoms with Crippen molar-refractivity contribution in [2.24, 2.45) is 0 Å². The lowest BCUT2D eigenvalue weighted by molar-refractivity contribution is -0.122. The van der Waals surface area contributed by atoms with Gasteiger partial charge in [-0.1, -0.05) is 0 Å². The molecule has 11 heteroatoms. The zero-order valence-corrected chi connectivity index (χ0v) is 16.7. The summed E-state index contributed by atoms with van der Waals surface area (Å²) in [6.07, 6.45) is -1.47. The molecule has 6 nitrogen and oxygen atoms in total. The van der Waals surface area contributed by atoms with Gasteiger partial charge in [0, 0.05) is 17.0 Å². The molecule has 162 valence electrons.